The van der Waals surface area contributed by atoms with E-state index in [-0.39, 0.29) is 17.6 Å². The fourth-order valence-electron chi connectivity index (χ4n) is 3.39. The number of likely N-dealkylation sites (tertiary alicyclic amines) is 1. The molecule has 1 saturated heterocycles. The minimum atomic E-state index is -0.114. The molecule has 28 heavy (non-hydrogen) atoms. The van der Waals surface area contributed by atoms with Crippen LogP contribution in [0.5, 0.6) is 17.2 Å². The molecule has 0 bridgehead atoms. The van der Waals surface area contributed by atoms with E-state index in [1.54, 1.807) is 34.7 Å². The van der Waals surface area contributed by atoms with E-state index in [2.05, 4.69) is 0 Å². The van der Waals surface area contributed by atoms with Crippen LogP contribution in [0.2, 0.25) is 0 Å². The minimum absolute atomic E-state index is 0.0323. The van der Waals surface area contributed by atoms with E-state index < -0.39 is 0 Å². The molecule has 0 radical (unpaired) electrons. The first kappa shape index (κ1) is 19.8. The zero-order valence-electron chi connectivity index (χ0n) is 16.7. The van der Waals surface area contributed by atoms with E-state index in [0.29, 0.717) is 48.7 Å². The first-order valence-electron chi connectivity index (χ1n) is 9.29. The van der Waals surface area contributed by atoms with Crippen LogP contribution < -0.4 is 19.8 Å². The van der Waals surface area contributed by atoms with Gasteiger partial charge in [-0.25, -0.2) is 0 Å². The Balaban J connectivity index is 1.68. The van der Waals surface area contributed by atoms with Crippen molar-refractivity contribution in [2.75, 3.05) is 27.3 Å². The van der Waals surface area contributed by atoms with E-state index in [9.17, 15) is 9.59 Å². The van der Waals surface area contributed by atoms with Crippen molar-refractivity contribution in [2.45, 2.75) is 25.9 Å². The number of pyridine rings is 1. The molecule has 1 aliphatic rings. The van der Waals surface area contributed by atoms with Gasteiger partial charge in [0.25, 0.3) is 11.5 Å². The Kier molecular flexibility index (Phi) is 5.92. The SMILES string of the molecule is COc1cccc(OC)c1C(=O)N1CCC(Oc2cc(C)n(C)c(=O)c2)CC1. The van der Waals surface area contributed by atoms with E-state index >= 15 is 0 Å². The van der Waals surface area contributed by atoms with Crippen molar-refractivity contribution >= 4 is 5.91 Å². The predicted octanol–water partition coefficient (Wildman–Crippen LogP) is 2.39. The molecule has 3 rings (SSSR count). The van der Waals surface area contributed by atoms with Crippen molar-refractivity contribution < 1.29 is 19.0 Å². The Bertz CT molecular complexity index is 891. The molecule has 7 nitrogen and oxygen atoms in total. The van der Waals surface area contributed by atoms with Gasteiger partial charge in [0, 0.05) is 44.7 Å². The Morgan fingerprint density at radius 2 is 1.68 bits per heavy atom. The highest BCUT2D eigenvalue weighted by Crippen LogP contribution is 2.30. The molecular formula is C21H26N2O5. The molecule has 2 aromatic rings. The summed E-state index contributed by atoms with van der Waals surface area (Å²) in [5, 5.41) is 0. The molecule has 0 saturated carbocycles. The number of methoxy groups -OCH3 is 2. The van der Waals surface area contributed by atoms with Gasteiger partial charge in [0.05, 0.1) is 14.2 Å². The average Bonchev–Trinajstić information content (AvgIpc) is 2.71. The normalized spacial score (nSPS) is 14.6. The first-order chi connectivity index (χ1) is 13.4. The average molecular weight is 386 g/mol. The number of aromatic nitrogens is 1. The van der Waals surface area contributed by atoms with Gasteiger partial charge in [-0.1, -0.05) is 6.07 Å². The summed E-state index contributed by atoms with van der Waals surface area (Å²) < 4.78 is 18.3. The fourth-order valence-corrected chi connectivity index (χ4v) is 3.39. The molecule has 150 valence electrons. The van der Waals surface area contributed by atoms with E-state index in [4.69, 9.17) is 14.2 Å². The molecule has 0 spiro atoms. The fraction of sp³-hybridized carbons (Fsp3) is 0.429. The standard InChI is InChI=1S/C21H26N2O5/c1-14-12-16(13-19(24)22(14)2)28-15-8-10-23(11-9-15)21(25)20-17(26-3)6-5-7-18(20)27-4/h5-7,12-13,15H,8-11H2,1-4H3. The number of carbonyl (C=O) groups excluding carboxylic acids is 1. The summed E-state index contributed by atoms with van der Waals surface area (Å²) in [6.07, 6.45) is 1.35. The summed E-state index contributed by atoms with van der Waals surface area (Å²) in [4.78, 5) is 26.7. The third-order valence-electron chi connectivity index (χ3n) is 5.15. The molecular weight excluding hydrogens is 360 g/mol. The largest absolute Gasteiger partial charge is 0.496 e. The van der Waals surface area contributed by atoms with Gasteiger partial charge in [0.2, 0.25) is 0 Å². The zero-order chi connectivity index (χ0) is 20.3. The Morgan fingerprint density at radius 3 is 2.21 bits per heavy atom. The van der Waals surface area contributed by atoms with Crippen molar-refractivity contribution in [3.8, 4) is 17.2 Å². The van der Waals surface area contributed by atoms with Gasteiger partial charge in [-0.15, -0.1) is 0 Å². The third-order valence-corrected chi connectivity index (χ3v) is 5.15. The Labute approximate surface area is 164 Å². The Hall–Kier alpha value is -2.96. The molecule has 1 aromatic carbocycles. The van der Waals surface area contributed by atoms with Crippen LogP contribution in [0.15, 0.2) is 35.1 Å². The molecule has 0 atom stereocenters. The minimum Gasteiger partial charge on any atom is -0.496 e. The lowest BCUT2D eigenvalue weighted by Gasteiger charge is -2.32. The van der Waals surface area contributed by atoms with Crippen molar-refractivity contribution in [3.05, 3.63) is 51.9 Å². The summed E-state index contributed by atoms with van der Waals surface area (Å²) >= 11 is 0. The number of carbonyl (C=O) groups is 1. The Morgan fingerprint density at radius 1 is 1.07 bits per heavy atom. The van der Waals surface area contributed by atoms with Crippen LogP contribution in [0.3, 0.4) is 0 Å². The number of amides is 1. The topological polar surface area (TPSA) is 70.0 Å². The summed E-state index contributed by atoms with van der Waals surface area (Å²) in [5.41, 5.74) is 1.19. The second kappa shape index (κ2) is 8.37. The van der Waals surface area contributed by atoms with Crippen molar-refractivity contribution in [1.82, 2.24) is 9.47 Å². The monoisotopic (exact) mass is 386 g/mol. The molecule has 0 N–H and O–H groups in total. The quantitative estimate of drug-likeness (QED) is 0.789. The smallest absolute Gasteiger partial charge is 0.261 e. The summed E-state index contributed by atoms with van der Waals surface area (Å²) in [5.74, 6) is 1.46. The maximum absolute atomic E-state index is 13.0. The van der Waals surface area contributed by atoms with E-state index in [0.717, 1.165) is 5.69 Å². The highest BCUT2D eigenvalue weighted by Gasteiger charge is 2.28. The van der Waals surface area contributed by atoms with Crippen molar-refractivity contribution in [3.63, 3.8) is 0 Å². The zero-order valence-corrected chi connectivity index (χ0v) is 16.7. The van der Waals surface area contributed by atoms with Crippen molar-refractivity contribution in [1.29, 1.82) is 0 Å². The molecule has 1 amide bonds. The number of hydrogen-bond acceptors (Lipinski definition) is 5. The first-order valence-corrected chi connectivity index (χ1v) is 9.29. The maximum atomic E-state index is 13.0. The molecule has 0 aliphatic carbocycles. The number of aryl methyl sites for hydroxylation is 1. The van der Waals surface area contributed by atoms with Gasteiger partial charge in [0.1, 0.15) is 28.9 Å². The van der Waals surface area contributed by atoms with Gasteiger partial charge < -0.3 is 23.7 Å². The second-order valence-electron chi connectivity index (χ2n) is 6.88. The van der Waals surface area contributed by atoms with E-state index in [1.807, 2.05) is 13.0 Å². The van der Waals surface area contributed by atoms with Crippen LogP contribution in [0.1, 0.15) is 28.9 Å². The number of ether oxygens (including phenoxy) is 3. The van der Waals surface area contributed by atoms with Crippen LogP contribution in [0.25, 0.3) is 0 Å². The molecule has 2 heterocycles. The number of nitrogens with zero attached hydrogens (tertiary/aromatic N) is 2. The predicted molar refractivity (Wildman–Crippen MR) is 106 cm³/mol. The molecule has 1 fully saturated rings. The third kappa shape index (κ3) is 3.98. The van der Waals surface area contributed by atoms with Gasteiger partial charge in [-0.05, 0) is 25.1 Å². The van der Waals surface area contributed by atoms with Crippen LogP contribution >= 0.6 is 0 Å². The lowest BCUT2D eigenvalue weighted by Crippen LogP contribution is -2.42. The van der Waals surface area contributed by atoms with Crippen LogP contribution in [0, 0.1) is 6.92 Å². The maximum Gasteiger partial charge on any atom is 0.261 e. The lowest BCUT2D eigenvalue weighted by molar-refractivity contribution is 0.0589. The van der Waals surface area contributed by atoms with Gasteiger partial charge in [0.15, 0.2) is 0 Å². The highest BCUT2D eigenvalue weighted by atomic mass is 16.5. The van der Waals surface area contributed by atoms with Gasteiger partial charge in [-0.2, -0.15) is 0 Å². The second-order valence-corrected chi connectivity index (χ2v) is 6.88. The van der Waals surface area contributed by atoms with Gasteiger partial charge in [-0.3, -0.25) is 9.59 Å². The lowest BCUT2D eigenvalue weighted by atomic mass is 10.1. The molecule has 1 aliphatic heterocycles. The van der Waals surface area contributed by atoms with Crippen LogP contribution in [-0.2, 0) is 7.05 Å². The van der Waals surface area contributed by atoms with Crippen LogP contribution in [0.4, 0.5) is 0 Å². The number of benzene rings is 1. The van der Waals surface area contributed by atoms with E-state index in [1.165, 1.54) is 20.3 Å². The number of piperidine rings is 1. The number of rotatable bonds is 5. The van der Waals surface area contributed by atoms with Crippen molar-refractivity contribution in [2.24, 2.45) is 7.05 Å². The molecule has 0 unspecified atom stereocenters. The summed E-state index contributed by atoms with van der Waals surface area (Å²) in [7, 11) is 4.81. The summed E-state index contributed by atoms with van der Waals surface area (Å²) in [6.45, 7) is 3.00. The highest BCUT2D eigenvalue weighted by molar-refractivity contribution is 5.99. The summed E-state index contributed by atoms with van der Waals surface area (Å²) in [6, 6.07) is 8.66. The van der Waals surface area contributed by atoms with Gasteiger partial charge >= 0.3 is 0 Å². The molecule has 1 aromatic heterocycles. The molecule has 7 heteroatoms. The number of hydrogen-bond donors (Lipinski definition) is 0. The van der Waals surface area contributed by atoms with Crippen LogP contribution in [-0.4, -0.2) is 48.8 Å².